The van der Waals surface area contributed by atoms with Crippen LogP contribution in [0.2, 0.25) is 0 Å². The number of hydrogen-bond donors (Lipinski definition) is 1. The van der Waals surface area contributed by atoms with E-state index < -0.39 is 23.2 Å². The smallest absolute Gasteiger partial charge is 0.856 e. The van der Waals surface area contributed by atoms with Gasteiger partial charge in [-0.1, -0.05) is 30.3 Å². The summed E-state index contributed by atoms with van der Waals surface area (Å²) >= 11 is 1.20. The number of aromatic carboxylic acids is 1. The van der Waals surface area contributed by atoms with Gasteiger partial charge in [-0.05, 0) is 34.2 Å². The number of H-pyrrole nitrogens is 1. The molecule has 0 aliphatic heterocycles. The van der Waals surface area contributed by atoms with Gasteiger partial charge in [0.15, 0.2) is 11.6 Å². The fourth-order valence-electron chi connectivity index (χ4n) is 3.27. The van der Waals surface area contributed by atoms with Crippen LogP contribution in [-0.4, -0.2) is 28.9 Å². The Bertz CT molecular complexity index is 1470. The van der Waals surface area contributed by atoms with Crippen molar-refractivity contribution in [2.45, 2.75) is 19.8 Å². The number of halogens is 1. The van der Waals surface area contributed by atoms with E-state index >= 15 is 0 Å². The van der Waals surface area contributed by atoms with Crippen LogP contribution in [-0.2, 0) is 24.5 Å². The van der Waals surface area contributed by atoms with E-state index in [4.69, 9.17) is 9.47 Å². The average Bonchev–Trinajstić information content (AvgIpc) is 3.27. The zero-order chi connectivity index (χ0) is 24.9. The molecule has 0 amide bonds. The normalized spacial score (nSPS) is 11.0. The van der Waals surface area contributed by atoms with Crippen LogP contribution in [0, 0.1) is 5.82 Å². The van der Waals surface area contributed by atoms with Crippen LogP contribution in [0.5, 0.6) is 5.75 Å². The quantitative estimate of drug-likeness (QED) is 0.128. The molecule has 0 atom stereocenters. The molecule has 9 nitrogen and oxygen atoms in total. The van der Waals surface area contributed by atoms with E-state index in [1.54, 1.807) is 17.5 Å². The second-order valence-electron chi connectivity index (χ2n) is 7.42. The first-order chi connectivity index (χ1) is 16.9. The largest absolute Gasteiger partial charge is 1.00 e. The van der Waals surface area contributed by atoms with E-state index in [0.29, 0.717) is 21.3 Å². The summed E-state index contributed by atoms with van der Waals surface area (Å²) in [5, 5.41) is 25.3. The number of carbonyl (C=O) groups excluding carboxylic acids is 1. The molecule has 0 spiro atoms. The number of methoxy groups -OCH3 is 1. The zero-order valence-electron chi connectivity index (χ0n) is 20.4. The van der Waals surface area contributed by atoms with Crippen molar-refractivity contribution in [2.24, 2.45) is 4.99 Å². The number of carbonyl (C=O) groups is 1. The maximum atomic E-state index is 13.5. The Morgan fingerprint density at radius 3 is 2.49 bits per heavy atom. The maximum Gasteiger partial charge on any atom is 1.00 e. The molecular weight excluding hydrogens is 523 g/mol. The van der Waals surface area contributed by atoms with Crippen molar-refractivity contribution in [2.75, 3.05) is 7.11 Å². The third kappa shape index (κ3) is 7.71. The SMILES string of the molecule is COc1cc(CN=C([O-])c2nc3scc(COCc4ccc(C(=O)[O-])cc4)c3c(=O)[nH]2)ccc1F.[Na+].[Na+]. The standard InChI is InChI=1S/C24H20FN3O6S.2Na/c1-33-18-8-14(4-7-17(18)25)9-26-22(30)20-27-21(29)19-16(12-35-23(19)28-20)11-34-10-13-2-5-15(6-3-13)24(31)32;;/h2-8,12H,9-11H2,1H3,(H,26,30)(H,31,32)(H,27,28,29);;/q;2*+1/p-2. The van der Waals surface area contributed by atoms with E-state index in [0.717, 1.165) is 5.56 Å². The summed E-state index contributed by atoms with van der Waals surface area (Å²) in [6, 6.07) is 10.2. The number of nitrogens with zero attached hydrogens (tertiary/aromatic N) is 2. The molecule has 37 heavy (non-hydrogen) atoms. The van der Waals surface area contributed by atoms with E-state index in [1.165, 1.54) is 48.8 Å². The van der Waals surface area contributed by atoms with Gasteiger partial charge in [-0.25, -0.2) is 9.37 Å². The van der Waals surface area contributed by atoms with Gasteiger partial charge in [-0.2, -0.15) is 0 Å². The minimum atomic E-state index is -1.25. The summed E-state index contributed by atoms with van der Waals surface area (Å²) in [5.74, 6) is -2.64. The molecule has 180 valence electrons. The number of aromatic amines is 1. The number of thiophene rings is 1. The minimum Gasteiger partial charge on any atom is -0.856 e. The van der Waals surface area contributed by atoms with Crippen LogP contribution in [0.3, 0.4) is 0 Å². The number of carboxylic acid groups (broad SMARTS) is 1. The summed E-state index contributed by atoms with van der Waals surface area (Å²) in [6.45, 7) is 0.293. The Morgan fingerprint density at radius 2 is 1.81 bits per heavy atom. The number of rotatable bonds is 9. The van der Waals surface area contributed by atoms with Crippen molar-refractivity contribution in [3.63, 3.8) is 0 Å². The van der Waals surface area contributed by atoms with Crippen LogP contribution in [0.25, 0.3) is 10.2 Å². The number of ether oxygens (including phenoxy) is 2. The van der Waals surface area contributed by atoms with Crippen LogP contribution in [0.1, 0.15) is 32.9 Å². The van der Waals surface area contributed by atoms with Crippen LogP contribution >= 0.6 is 11.3 Å². The molecular formula is C24H18FN3Na2O6S. The molecule has 13 heteroatoms. The summed E-state index contributed by atoms with van der Waals surface area (Å²) in [6.07, 6.45) is 0. The molecule has 0 saturated heterocycles. The van der Waals surface area contributed by atoms with Gasteiger partial charge in [0.2, 0.25) is 0 Å². The van der Waals surface area contributed by atoms with E-state index in [2.05, 4.69) is 15.0 Å². The van der Waals surface area contributed by atoms with Gasteiger partial charge in [0.1, 0.15) is 10.7 Å². The molecule has 0 radical (unpaired) electrons. The van der Waals surface area contributed by atoms with Crippen molar-refractivity contribution in [1.82, 2.24) is 9.97 Å². The second-order valence-corrected chi connectivity index (χ2v) is 8.28. The average molecular weight is 541 g/mol. The number of benzene rings is 2. The van der Waals surface area contributed by atoms with E-state index in [9.17, 15) is 24.2 Å². The van der Waals surface area contributed by atoms with Gasteiger partial charge in [0.25, 0.3) is 5.56 Å². The van der Waals surface area contributed by atoms with Crippen molar-refractivity contribution >= 4 is 33.4 Å². The van der Waals surface area contributed by atoms with Crippen LogP contribution in [0.15, 0.2) is 57.6 Å². The number of aromatic nitrogens is 2. The molecule has 0 aliphatic rings. The first kappa shape index (κ1) is 31.1. The summed E-state index contributed by atoms with van der Waals surface area (Å²) < 4.78 is 24.1. The second kappa shape index (κ2) is 14.2. The summed E-state index contributed by atoms with van der Waals surface area (Å²) in [5.41, 5.74) is 1.51. The summed E-state index contributed by atoms with van der Waals surface area (Å²) in [4.78, 5) is 34.4. The molecule has 2 aromatic carbocycles. The third-order valence-electron chi connectivity index (χ3n) is 5.06. The van der Waals surface area contributed by atoms with Crippen molar-refractivity contribution in [3.8, 4) is 5.75 Å². The van der Waals surface area contributed by atoms with Gasteiger partial charge in [-0.15, -0.1) is 11.3 Å². The molecule has 0 aliphatic carbocycles. The molecule has 2 aromatic heterocycles. The predicted molar refractivity (Wildman–Crippen MR) is 123 cm³/mol. The van der Waals surface area contributed by atoms with Gasteiger partial charge >= 0.3 is 59.1 Å². The van der Waals surface area contributed by atoms with Gasteiger partial charge < -0.3 is 29.5 Å². The van der Waals surface area contributed by atoms with Crippen LogP contribution in [0.4, 0.5) is 4.39 Å². The summed E-state index contributed by atoms with van der Waals surface area (Å²) in [7, 11) is 1.34. The number of nitrogens with one attached hydrogen (secondary N) is 1. The molecule has 0 bridgehead atoms. The first-order valence-corrected chi connectivity index (χ1v) is 11.2. The number of aliphatic imine (C=N–C) groups is 1. The molecule has 0 saturated carbocycles. The van der Waals surface area contributed by atoms with Gasteiger partial charge in [-0.3, -0.25) is 9.79 Å². The number of hydrogen-bond acceptors (Lipinski definition) is 9. The van der Waals surface area contributed by atoms with Crippen molar-refractivity contribution in [3.05, 3.63) is 92.1 Å². The first-order valence-electron chi connectivity index (χ1n) is 10.3. The van der Waals surface area contributed by atoms with E-state index in [1.807, 2.05) is 0 Å². The monoisotopic (exact) mass is 541 g/mol. The Balaban J connectivity index is 0.00000241. The fraction of sp³-hybridized carbons (Fsp3) is 0.167. The molecule has 0 fully saturated rings. The molecule has 4 aromatic rings. The fourth-order valence-corrected chi connectivity index (χ4v) is 4.20. The van der Waals surface area contributed by atoms with Gasteiger partial charge in [0.05, 0.1) is 38.2 Å². The predicted octanol–water partition coefficient (Wildman–Crippen LogP) is -4.47. The Kier molecular flexibility index (Phi) is 11.9. The van der Waals surface area contributed by atoms with Crippen molar-refractivity contribution in [1.29, 1.82) is 0 Å². The topological polar surface area (TPSA) is 140 Å². The molecule has 0 unspecified atom stereocenters. The van der Waals surface area contributed by atoms with Crippen molar-refractivity contribution < 1.29 is 88.0 Å². The zero-order valence-corrected chi connectivity index (χ0v) is 25.2. The Hall–Kier alpha value is -2.09. The van der Waals surface area contributed by atoms with Crippen LogP contribution < -0.4 is 79.6 Å². The molecule has 1 N–H and O–H groups in total. The maximum absolute atomic E-state index is 13.5. The van der Waals surface area contributed by atoms with Gasteiger partial charge in [0, 0.05) is 11.5 Å². The minimum absolute atomic E-state index is 0. The Morgan fingerprint density at radius 1 is 1.11 bits per heavy atom. The Labute approximate surface area is 259 Å². The molecule has 2 heterocycles. The molecule has 4 rings (SSSR count). The number of carboxylic acids is 1. The third-order valence-corrected chi connectivity index (χ3v) is 5.98. The number of fused-ring (bicyclic) bond motifs is 1. The van der Waals surface area contributed by atoms with E-state index in [-0.39, 0.29) is 96.0 Å².